The van der Waals surface area contributed by atoms with Gasteiger partial charge in [-0.05, 0) is 41.6 Å². The Morgan fingerprint density at radius 2 is 1.88 bits per heavy atom. The maximum Gasteiger partial charge on any atom is 0.349 e. The number of nitrogens with zero attached hydrogens (tertiary/aromatic N) is 3. The van der Waals surface area contributed by atoms with Crippen LogP contribution in [-0.4, -0.2) is 34.0 Å². The summed E-state index contributed by atoms with van der Waals surface area (Å²) in [5, 5.41) is 2.29. The maximum absolute atomic E-state index is 11.3. The summed E-state index contributed by atoms with van der Waals surface area (Å²) in [5.74, 6) is 1.33. The average Bonchev–Trinajstić information content (AvgIpc) is 2.53. The molecule has 0 aliphatic rings. The van der Waals surface area contributed by atoms with Crippen molar-refractivity contribution in [3.05, 3.63) is 58.3 Å². The molecule has 3 rings (SSSR count). The Labute approximate surface area is 139 Å². The number of rotatable bonds is 5. The molecule has 0 spiro atoms. The van der Waals surface area contributed by atoms with E-state index in [-0.39, 0.29) is 5.95 Å². The molecule has 3 N–H and O–H groups in total. The number of fused-ring (bicyclic) bond motifs is 1. The lowest BCUT2D eigenvalue weighted by molar-refractivity contribution is 0.310. The fourth-order valence-electron chi connectivity index (χ4n) is 2.64. The van der Waals surface area contributed by atoms with E-state index in [2.05, 4.69) is 33.2 Å². The molecule has 0 amide bonds. The molecule has 124 valence electrons. The summed E-state index contributed by atoms with van der Waals surface area (Å²) in [5.41, 5.74) is 6.19. The standard InChI is InChI=1S/C17H19N5O2/c1-22(10-15-19-16(18)21-17(23)20-15)9-11-3-4-13-8-14(24-2)6-5-12(13)7-11/h3-8H,9-10H2,1-2H3,(H3,18,19,20,21,23). The third kappa shape index (κ3) is 3.69. The van der Waals surface area contributed by atoms with Crippen LogP contribution in [0, 0.1) is 0 Å². The lowest BCUT2D eigenvalue weighted by Gasteiger charge is -2.16. The van der Waals surface area contributed by atoms with E-state index in [1.807, 2.05) is 30.1 Å². The van der Waals surface area contributed by atoms with Gasteiger partial charge in [0.2, 0.25) is 5.95 Å². The first kappa shape index (κ1) is 15.9. The summed E-state index contributed by atoms with van der Waals surface area (Å²) < 4.78 is 5.24. The molecule has 1 heterocycles. The van der Waals surface area contributed by atoms with Gasteiger partial charge in [0.15, 0.2) is 0 Å². The van der Waals surface area contributed by atoms with Gasteiger partial charge >= 0.3 is 5.69 Å². The van der Waals surface area contributed by atoms with Crippen LogP contribution in [0.5, 0.6) is 5.75 Å². The Balaban J connectivity index is 1.75. The highest BCUT2D eigenvalue weighted by atomic mass is 16.5. The van der Waals surface area contributed by atoms with Crippen LogP contribution >= 0.6 is 0 Å². The van der Waals surface area contributed by atoms with E-state index in [1.165, 1.54) is 5.56 Å². The number of H-pyrrole nitrogens is 1. The number of nitrogens with one attached hydrogen (secondary N) is 1. The van der Waals surface area contributed by atoms with Crippen molar-refractivity contribution in [2.75, 3.05) is 19.9 Å². The Bertz CT molecular complexity index is 922. The number of nitrogens with two attached hydrogens (primary N) is 1. The molecule has 24 heavy (non-hydrogen) atoms. The number of aromatic nitrogens is 3. The van der Waals surface area contributed by atoms with Crippen molar-refractivity contribution in [3.63, 3.8) is 0 Å². The molecule has 3 aromatic rings. The molecule has 7 nitrogen and oxygen atoms in total. The Morgan fingerprint density at radius 3 is 2.62 bits per heavy atom. The average molecular weight is 325 g/mol. The monoisotopic (exact) mass is 325 g/mol. The molecule has 0 atom stereocenters. The number of benzene rings is 2. The van der Waals surface area contributed by atoms with Gasteiger partial charge in [0.25, 0.3) is 0 Å². The predicted octanol–water partition coefficient (Wildman–Crippen LogP) is 1.54. The summed E-state index contributed by atoms with van der Waals surface area (Å²) in [6.45, 7) is 1.19. The molecule has 0 fully saturated rings. The highest BCUT2D eigenvalue weighted by molar-refractivity contribution is 5.84. The van der Waals surface area contributed by atoms with Crippen molar-refractivity contribution in [2.24, 2.45) is 0 Å². The predicted molar refractivity (Wildman–Crippen MR) is 92.7 cm³/mol. The van der Waals surface area contributed by atoms with Crippen molar-refractivity contribution in [3.8, 4) is 5.75 Å². The number of hydrogen-bond donors (Lipinski definition) is 2. The fourth-order valence-corrected chi connectivity index (χ4v) is 2.64. The van der Waals surface area contributed by atoms with Crippen LogP contribution in [0.3, 0.4) is 0 Å². The molecular formula is C17H19N5O2. The summed E-state index contributed by atoms with van der Waals surface area (Å²) in [6, 6.07) is 12.3. The summed E-state index contributed by atoms with van der Waals surface area (Å²) in [6.07, 6.45) is 0. The molecule has 2 aromatic carbocycles. The van der Waals surface area contributed by atoms with Crippen LogP contribution < -0.4 is 16.2 Å². The highest BCUT2D eigenvalue weighted by Crippen LogP contribution is 2.22. The molecule has 0 unspecified atom stereocenters. The Hall–Kier alpha value is -2.93. The zero-order valence-electron chi connectivity index (χ0n) is 13.6. The first-order valence-corrected chi connectivity index (χ1v) is 7.51. The summed E-state index contributed by atoms with van der Waals surface area (Å²) in [4.78, 5) is 23.5. The molecule has 0 saturated heterocycles. The van der Waals surface area contributed by atoms with Crippen molar-refractivity contribution in [1.29, 1.82) is 0 Å². The highest BCUT2D eigenvalue weighted by Gasteiger charge is 2.06. The van der Waals surface area contributed by atoms with E-state index in [0.717, 1.165) is 16.5 Å². The van der Waals surface area contributed by atoms with Gasteiger partial charge in [0.05, 0.1) is 13.7 Å². The van der Waals surface area contributed by atoms with Crippen LogP contribution in [0.1, 0.15) is 11.4 Å². The molecule has 1 aromatic heterocycles. The number of ether oxygens (including phenoxy) is 1. The minimum absolute atomic E-state index is 0.0122. The van der Waals surface area contributed by atoms with Crippen molar-refractivity contribution in [2.45, 2.75) is 13.1 Å². The van der Waals surface area contributed by atoms with Gasteiger partial charge in [-0.2, -0.15) is 9.97 Å². The van der Waals surface area contributed by atoms with Crippen molar-refractivity contribution in [1.82, 2.24) is 19.9 Å². The van der Waals surface area contributed by atoms with Crippen LogP contribution in [0.15, 0.2) is 41.2 Å². The van der Waals surface area contributed by atoms with Gasteiger partial charge in [-0.3, -0.25) is 9.88 Å². The maximum atomic E-state index is 11.3. The van der Waals surface area contributed by atoms with Gasteiger partial charge < -0.3 is 10.5 Å². The normalized spacial score (nSPS) is 11.1. The van der Waals surface area contributed by atoms with Crippen molar-refractivity contribution < 1.29 is 4.74 Å². The van der Waals surface area contributed by atoms with E-state index in [9.17, 15) is 4.79 Å². The van der Waals surface area contributed by atoms with Gasteiger partial charge in [0, 0.05) is 6.54 Å². The minimum atomic E-state index is -0.481. The first-order valence-electron chi connectivity index (χ1n) is 7.51. The second-order valence-electron chi connectivity index (χ2n) is 5.68. The largest absolute Gasteiger partial charge is 0.497 e. The summed E-state index contributed by atoms with van der Waals surface area (Å²) in [7, 11) is 3.61. The molecule has 7 heteroatoms. The number of aromatic amines is 1. The van der Waals surface area contributed by atoms with E-state index in [1.54, 1.807) is 7.11 Å². The zero-order valence-corrected chi connectivity index (χ0v) is 13.6. The van der Waals surface area contributed by atoms with Crippen LogP contribution in [0.4, 0.5) is 5.95 Å². The molecule has 0 saturated carbocycles. The van der Waals surface area contributed by atoms with E-state index < -0.39 is 5.69 Å². The molecule has 0 bridgehead atoms. The zero-order chi connectivity index (χ0) is 17.1. The number of nitrogen functional groups attached to an aromatic ring is 1. The van der Waals surface area contributed by atoms with E-state index in [4.69, 9.17) is 10.5 Å². The third-order valence-electron chi connectivity index (χ3n) is 3.70. The third-order valence-corrected chi connectivity index (χ3v) is 3.70. The quantitative estimate of drug-likeness (QED) is 0.738. The topological polar surface area (TPSA) is 97.1 Å². The van der Waals surface area contributed by atoms with Gasteiger partial charge in [-0.1, -0.05) is 18.2 Å². The first-order chi connectivity index (χ1) is 11.5. The van der Waals surface area contributed by atoms with Gasteiger partial charge in [-0.15, -0.1) is 0 Å². The SMILES string of the molecule is COc1ccc2cc(CN(C)Cc3nc(N)nc(=O)[nH]3)ccc2c1. The Kier molecular flexibility index (Phi) is 4.43. The number of anilines is 1. The molecular weight excluding hydrogens is 306 g/mol. The van der Waals surface area contributed by atoms with Crippen LogP contribution in [0.2, 0.25) is 0 Å². The Morgan fingerprint density at radius 1 is 1.12 bits per heavy atom. The second-order valence-corrected chi connectivity index (χ2v) is 5.68. The smallest absolute Gasteiger partial charge is 0.349 e. The van der Waals surface area contributed by atoms with Crippen molar-refractivity contribution >= 4 is 16.7 Å². The fraction of sp³-hybridized carbons (Fsp3) is 0.235. The summed E-state index contributed by atoms with van der Waals surface area (Å²) >= 11 is 0. The lowest BCUT2D eigenvalue weighted by atomic mass is 10.1. The second kappa shape index (κ2) is 6.67. The molecule has 0 aliphatic heterocycles. The van der Waals surface area contributed by atoms with Crippen LogP contribution in [0.25, 0.3) is 10.8 Å². The number of methoxy groups -OCH3 is 1. The van der Waals surface area contributed by atoms with Gasteiger partial charge in [0.1, 0.15) is 11.6 Å². The lowest BCUT2D eigenvalue weighted by Crippen LogP contribution is -2.23. The minimum Gasteiger partial charge on any atom is -0.497 e. The van der Waals surface area contributed by atoms with E-state index in [0.29, 0.717) is 18.9 Å². The molecule has 0 aliphatic carbocycles. The van der Waals surface area contributed by atoms with Crippen LogP contribution in [-0.2, 0) is 13.1 Å². The molecule has 0 radical (unpaired) electrons. The van der Waals surface area contributed by atoms with E-state index >= 15 is 0 Å². The number of hydrogen-bond acceptors (Lipinski definition) is 6. The van der Waals surface area contributed by atoms with Gasteiger partial charge in [-0.25, -0.2) is 4.79 Å².